The normalized spacial score (nSPS) is 12.2. The van der Waals surface area contributed by atoms with E-state index in [4.69, 9.17) is 4.74 Å². The third kappa shape index (κ3) is 6.10. The zero-order chi connectivity index (χ0) is 22.3. The molecule has 3 aromatic rings. The first-order chi connectivity index (χ1) is 14.9. The van der Waals surface area contributed by atoms with Gasteiger partial charge in [-0.3, -0.25) is 4.79 Å². The molecule has 0 aromatic heterocycles. The average Bonchev–Trinajstić information content (AvgIpc) is 2.79. The predicted octanol–water partition coefficient (Wildman–Crippen LogP) is 3.95. The van der Waals surface area contributed by atoms with Crippen LogP contribution < -0.4 is 14.8 Å². The average molecular weight is 457 g/mol. The van der Waals surface area contributed by atoms with Crippen LogP contribution in [0.5, 0.6) is 5.75 Å². The van der Waals surface area contributed by atoms with E-state index in [0.29, 0.717) is 11.4 Å². The Morgan fingerprint density at radius 2 is 1.61 bits per heavy atom. The van der Waals surface area contributed by atoms with Crippen molar-refractivity contribution in [2.45, 2.75) is 22.3 Å². The van der Waals surface area contributed by atoms with Crippen molar-refractivity contribution in [1.29, 1.82) is 0 Å². The van der Waals surface area contributed by atoms with E-state index < -0.39 is 22.0 Å². The van der Waals surface area contributed by atoms with E-state index in [9.17, 15) is 13.2 Å². The van der Waals surface area contributed by atoms with E-state index in [2.05, 4.69) is 10.0 Å². The van der Waals surface area contributed by atoms with Crippen LogP contribution in [-0.2, 0) is 21.2 Å². The van der Waals surface area contributed by atoms with Crippen molar-refractivity contribution in [3.05, 3.63) is 84.4 Å². The largest absolute Gasteiger partial charge is 0.497 e. The molecule has 0 saturated carbocycles. The second-order valence-corrected chi connectivity index (χ2v) is 9.29. The molecule has 6 nitrogen and oxygen atoms in total. The molecule has 1 amide bonds. The van der Waals surface area contributed by atoms with Gasteiger partial charge in [-0.1, -0.05) is 42.5 Å². The van der Waals surface area contributed by atoms with Crippen LogP contribution >= 0.6 is 11.8 Å². The van der Waals surface area contributed by atoms with E-state index in [1.54, 1.807) is 18.2 Å². The number of para-hydroxylation sites is 1. The fraction of sp³-hybridized carbons (Fsp3) is 0.174. The highest BCUT2D eigenvalue weighted by molar-refractivity contribution is 7.98. The molecule has 2 N–H and O–H groups in total. The van der Waals surface area contributed by atoms with Gasteiger partial charge in [0.15, 0.2) is 0 Å². The molecule has 31 heavy (non-hydrogen) atoms. The third-order valence-electron chi connectivity index (χ3n) is 4.63. The minimum absolute atomic E-state index is 0.0590. The first-order valence-electron chi connectivity index (χ1n) is 9.57. The summed E-state index contributed by atoms with van der Waals surface area (Å²) in [4.78, 5) is 14.1. The van der Waals surface area contributed by atoms with Crippen molar-refractivity contribution < 1.29 is 17.9 Å². The zero-order valence-corrected chi connectivity index (χ0v) is 18.9. The molecule has 8 heteroatoms. The van der Waals surface area contributed by atoms with Crippen LogP contribution in [0, 0.1) is 0 Å². The Hall–Kier alpha value is -2.81. The van der Waals surface area contributed by atoms with Crippen LogP contribution in [0.1, 0.15) is 5.56 Å². The maximum absolute atomic E-state index is 13.1. The van der Waals surface area contributed by atoms with Crippen molar-refractivity contribution in [1.82, 2.24) is 4.72 Å². The van der Waals surface area contributed by atoms with Crippen molar-refractivity contribution >= 4 is 33.4 Å². The number of benzene rings is 3. The molecule has 0 spiro atoms. The van der Waals surface area contributed by atoms with Crippen LogP contribution in [0.15, 0.2) is 88.7 Å². The summed E-state index contributed by atoms with van der Waals surface area (Å²) in [6.07, 6.45) is 2.13. The van der Waals surface area contributed by atoms with Crippen LogP contribution in [0.25, 0.3) is 0 Å². The highest BCUT2D eigenvalue weighted by Gasteiger charge is 2.26. The lowest BCUT2D eigenvalue weighted by molar-refractivity contribution is -0.117. The second kappa shape index (κ2) is 10.5. The highest BCUT2D eigenvalue weighted by atomic mass is 32.2. The first kappa shape index (κ1) is 22.9. The fourth-order valence-electron chi connectivity index (χ4n) is 3.02. The number of anilines is 1. The quantitative estimate of drug-likeness (QED) is 0.477. The van der Waals surface area contributed by atoms with Gasteiger partial charge in [0.25, 0.3) is 0 Å². The molecular weight excluding hydrogens is 432 g/mol. The lowest BCUT2D eigenvalue weighted by atomic mass is 10.1. The molecule has 3 aromatic carbocycles. The molecule has 0 fully saturated rings. The lowest BCUT2D eigenvalue weighted by Gasteiger charge is -2.20. The Bertz CT molecular complexity index is 1120. The zero-order valence-electron chi connectivity index (χ0n) is 17.2. The summed E-state index contributed by atoms with van der Waals surface area (Å²) in [5, 5.41) is 2.87. The maximum atomic E-state index is 13.1. The summed E-state index contributed by atoms with van der Waals surface area (Å²) in [6, 6.07) is 21.7. The van der Waals surface area contributed by atoms with Crippen LogP contribution in [0.3, 0.4) is 0 Å². The molecule has 0 saturated heterocycles. The van der Waals surface area contributed by atoms with Gasteiger partial charge in [-0.25, -0.2) is 8.42 Å². The van der Waals surface area contributed by atoms with Crippen LogP contribution in [-0.4, -0.2) is 33.7 Å². The van der Waals surface area contributed by atoms with Gasteiger partial charge < -0.3 is 10.1 Å². The number of sulfonamides is 1. The molecule has 0 bridgehead atoms. The Labute approximate surface area is 187 Å². The molecule has 1 atom stereocenters. The predicted molar refractivity (Wildman–Crippen MR) is 124 cm³/mol. The number of amides is 1. The Morgan fingerprint density at radius 3 is 2.26 bits per heavy atom. The van der Waals surface area contributed by atoms with Gasteiger partial charge in [0.1, 0.15) is 11.8 Å². The number of hydrogen-bond donors (Lipinski definition) is 2. The summed E-state index contributed by atoms with van der Waals surface area (Å²) < 4.78 is 33.6. The number of methoxy groups -OCH3 is 1. The Morgan fingerprint density at radius 1 is 0.968 bits per heavy atom. The van der Waals surface area contributed by atoms with Gasteiger partial charge in [0, 0.05) is 4.90 Å². The fourth-order valence-corrected chi connectivity index (χ4v) is 4.76. The minimum Gasteiger partial charge on any atom is -0.497 e. The molecule has 162 valence electrons. The van der Waals surface area contributed by atoms with Crippen molar-refractivity contribution in [2.24, 2.45) is 0 Å². The molecule has 0 aliphatic carbocycles. The SMILES string of the molecule is COc1ccc(S(=O)(=O)NC(Cc2ccccc2)C(=O)Nc2ccccc2SC)cc1. The van der Waals surface area contributed by atoms with Gasteiger partial charge in [-0.05, 0) is 54.6 Å². The molecule has 3 rings (SSSR count). The van der Waals surface area contributed by atoms with Gasteiger partial charge >= 0.3 is 0 Å². The Balaban J connectivity index is 1.87. The monoisotopic (exact) mass is 456 g/mol. The number of carbonyl (C=O) groups excluding carboxylic acids is 1. The molecule has 0 aliphatic rings. The molecule has 0 radical (unpaired) electrons. The van der Waals surface area contributed by atoms with Gasteiger partial charge in [0.05, 0.1) is 17.7 Å². The molecule has 0 aliphatic heterocycles. The first-order valence-corrected chi connectivity index (χ1v) is 12.3. The van der Waals surface area contributed by atoms with E-state index in [1.165, 1.54) is 31.0 Å². The van der Waals surface area contributed by atoms with Crippen LogP contribution in [0.4, 0.5) is 5.69 Å². The summed E-state index contributed by atoms with van der Waals surface area (Å²) in [5.74, 6) is 0.119. The molecular formula is C23H24N2O4S2. The Kier molecular flexibility index (Phi) is 7.73. The van der Waals surface area contributed by atoms with Crippen LogP contribution in [0.2, 0.25) is 0 Å². The smallest absolute Gasteiger partial charge is 0.242 e. The van der Waals surface area contributed by atoms with Crippen molar-refractivity contribution in [2.75, 3.05) is 18.7 Å². The highest BCUT2D eigenvalue weighted by Crippen LogP contribution is 2.25. The minimum atomic E-state index is -3.93. The van der Waals surface area contributed by atoms with E-state index in [0.717, 1.165) is 10.5 Å². The summed E-state index contributed by atoms with van der Waals surface area (Å²) in [6.45, 7) is 0. The number of rotatable bonds is 9. The van der Waals surface area contributed by atoms with E-state index >= 15 is 0 Å². The second-order valence-electron chi connectivity index (χ2n) is 6.73. The number of ether oxygens (including phenoxy) is 1. The molecule has 1 unspecified atom stereocenters. The maximum Gasteiger partial charge on any atom is 0.242 e. The number of nitrogens with one attached hydrogen (secondary N) is 2. The van der Waals surface area contributed by atoms with E-state index in [1.807, 2.05) is 54.8 Å². The van der Waals surface area contributed by atoms with Gasteiger partial charge in [-0.15, -0.1) is 11.8 Å². The third-order valence-corrected chi connectivity index (χ3v) is 6.91. The van der Waals surface area contributed by atoms with Gasteiger partial charge in [-0.2, -0.15) is 4.72 Å². The summed E-state index contributed by atoms with van der Waals surface area (Å²) >= 11 is 1.50. The number of hydrogen-bond acceptors (Lipinski definition) is 5. The van der Waals surface area contributed by atoms with Gasteiger partial charge in [0.2, 0.25) is 15.9 Å². The summed E-state index contributed by atoms with van der Waals surface area (Å²) in [5.41, 5.74) is 1.49. The standard InChI is InChI=1S/C23H24N2O4S2/c1-29-18-12-14-19(15-13-18)31(27,28)25-21(16-17-8-4-3-5-9-17)23(26)24-20-10-6-7-11-22(20)30-2/h3-15,21,25H,16H2,1-2H3,(H,24,26). The molecule has 0 heterocycles. The van der Waals surface area contributed by atoms with E-state index in [-0.39, 0.29) is 11.3 Å². The van der Waals surface area contributed by atoms with Crippen molar-refractivity contribution in [3.8, 4) is 5.75 Å². The number of carbonyl (C=O) groups is 1. The summed E-state index contributed by atoms with van der Waals surface area (Å²) in [7, 11) is -2.42. The lowest BCUT2D eigenvalue weighted by Crippen LogP contribution is -2.45. The van der Waals surface area contributed by atoms with Crippen molar-refractivity contribution in [3.63, 3.8) is 0 Å². The topological polar surface area (TPSA) is 84.5 Å². The number of thioether (sulfide) groups is 1.